The summed E-state index contributed by atoms with van der Waals surface area (Å²) in [7, 11) is 1.66. The van der Waals surface area contributed by atoms with E-state index in [1.54, 1.807) is 42.0 Å². The minimum Gasteiger partial charge on any atom is -0.497 e. The molecule has 1 aromatic heterocycles. The number of rotatable bonds is 9. The van der Waals surface area contributed by atoms with Gasteiger partial charge < -0.3 is 9.30 Å². The predicted octanol–water partition coefficient (Wildman–Crippen LogP) is 5.73. The van der Waals surface area contributed by atoms with Crippen LogP contribution >= 0.6 is 46.5 Å². The van der Waals surface area contributed by atoms with Crippen LogP contribution in [-0.4, -0.2) is 35.3 Å². The molecule has 3 aromatic rings. The molecule has 0 radical (unpaired) electrons. The van der Waals surface area contributed by atoms with Gasteiger partial charge in [-0.3, -0.25) is 4.79 Å². The van der Waals surface area contributed by atoms with Crippen molar-refractivity contribution in [1.82, 2.24) is 4.57 Å². The Balaban J connectivity index is 1.68. The number of hydrogen-bond acceptors (Lipinski definition) is 5. The van der Waals surface area contributed by atoms with E-state index in [4.69, 9.17) is 16.3 Å². The minimum absolute atomic E-state index is 0.0712. The number of thiazole rings is 1. The fraction of sp³-hybridized carbons (Fsp3) is 0.333. The normalized spacial score (nSPS) is 11.9. The summed E-state index contributed by atoms with van der Waals surface area (Å²) in [5.74, 6) is 2.57. The lowest BCUT2D eigenvalue weighted by atomic mass is 10.3. The van der Waals surface area contributed by atoms with Gasteiger partial charge >= 0.3 is 0 Å². The molecule has 0 aliphatic carbocycles. The van der Waals surface area contributed by atoms with E-state index in [2.05, 4.69) is 15.8 Å². The van der Waals surface area contributed by atoms with Crippen molar-refractivity contribution in [3.63, 3.8) is 0 Å². The van der Waals surface area contributed by atoms with Gasteiger partial charge in [-0.15, -0.1) is 11.8 Å². The van der Waals surface area contributed by atoms with Crippen molar-refractivity contribution in [3.8, 4) is 5.75 Å². The van der Waals surface area contributed by atoms with Crippen LogP contribution in [0.4, 0.5) is 0 Å². The highest BCUT2D eigenvalue weighted by atomic mass is 35.5. The number of amides is 1. The second-order valence-corrected chi connectivity index (χ2v) is 9.87. The second kappa shape index (κ2) is 11.1. The minimum atomic E-state index is -0.0712. The van der Waals surface area contributed by atoms with Crippen LogP contribution in [0.15, 0.2) is 52.4 Å². The third kappa shape index (κ3) is 6.28. The molecular weight excluding hydrogens is 444 g/mol. The summed E-state index contributed by atoms with van der Waals surface area (Å²) in [4.78, 5) is 18.8. The number of carbonyl (C=O) groups excluding carboxylic acids is 1. The number of hydrogen-bond donors (Lipinski definition) is 0. The molecule has 0 fully saturated rings. The van der Waals surface area contributed by atoms with Crippen LogP contribution in [0.25, 0.3) is 10.2 Å². The number of halogens is 1. The fourth-order valence-corrected chi connectivity index (χ4v) is 5.16. The molecule has 8 heteroatoms. The predicted molar refractivity (Wildman–Crippen MR) is 127 cm³/mol. The van der Waals surface area contributed by atoms with Crippen molar-refractivity contribution in [2.45, 2.75) is 24.3 Å². The van der Waals surface area contributed by atoms with Gasteiger partial charge in [0.2, 0.25) is 5.91 Å². The van der Waals surface area contributed by atoms with Gasteiger partial charge in [-0.25, -0.2) is 0 Å². The molecule has 0 N–H and O–H groups in total. The van der Waals surface area contributed by atoms with Gasteiger partial charge in [0.15, 0.2) is 4.80 Å². The Labute approximate surface area is 188 Å². The number of carbonyl (C=O) groups is 1. The fourth-order valence-electron chi connectivity index (χ4n) is 2.77. The highest BCUT2D eigenvalue weighted by molar-refractivity contribution is 7.99. The van der Waals surface area contributed by atoms with E-state index in [9.17, 15) is 4.79 Å². The number of aromatic nitrogens is 1. The summed E-state index contributed by atoms with van der Waals surface area (Å²) in [6, 6.07) is 13.7. The number of nitrogens with zero attached hydrogens (tertiary/aromatic N) is 2. The molecule has 154 valence electrons. The third-order valence-electron chi connectivity index (χ3n) is 4.25. The average molecular weight is 467 g/mol. The van der Waals surface area contributed by atoms with Crippen molar-refractivity contribution in [2.75, 3.05) is 24.9 Å². The van der Waals surface area contributed by atoms with Crippen molar-refractivity contribution in [1.29, 1.82) is 0 Å². The lowest BCUT2D eigenvalue weighted by Gasteiger charge is -2.05. The van der Waals surface area contributed by atoms with Gasteiger partial charge in [0, 0.05) is 34.7 Å². The Morgan fingerprint density at radius 3 is 2.72 bits per heavy atom. The summed E-state index contributed by atoms with van der Waals surface area (Å²) in [5.41, 5.74) is 1.06. The van der Waals surface area contributed by atoms with E-state index in [1.165, 1.54) is 0 Å². The number of thioether (sulfide) groups is 2. The zero-order chi connectivity index (χ0) is 20.6. The second-order valence-electron chi connectivity index (χ2n) is 6.27. The molecule has 3 rings (SSSR count). The topological polar surface area (TPSA) is 43.6 Å². The highest BCUT2D eigenvalue weighted by Crippen LogP contribution is 2.24. The first kappa shape index (κ1) is 22.3. The molecule has 1 heterocycles. The number of benzene rings is 2. The van der Waals surface area contributed by atoms with Crippen molar-refractivity contribution < 1.29 is 9.53 Å². The summed E-state index contributed by atoms with van der Waals surface area (Å²) >= 11 is 11.0. The SMILES string of the molecule is COc1ccc2sc(=NC(=O)CCCSc3ccc(Cl)cc3)n(CCSC)c2c1. The van der Waals surface area contributed by atoms with E-state index >= 15 is 0 Å². The lowest BCUT2D eigenvalue weighted by molar-refractivity contribution is -0.118. The Morgan fingerprint density at radius 2 is 2.00 bits per heavy atom. The molecular formula is C21H23ClN2O2S3. The van der Waals surface area contributed by atoms with Crippen molar-refractivity contribution in [2.24, 2.45) is 4.99 Å². The van der Waals surface area contributed by atoms with Crippen LogP contribution in [-0.2, 0) is 11.3 Å². The molecule has 0 aliphatic rings. The third-order valence-corrected chi connectivity index (χ3v) is 7.25. The first-order valence-electron chi connectivity index (χ1n) is 9.23. The van der Waals surface area contributed by atoms with E-state index < -0.39 is 0 Å². The van der Waals surface area contributed by atoms with Crippen LogP contribution in [0.1, 0.15) is 12.8 Å². The maximum Gasteiger partial charge on any atom is 0.248 e. The lowest BCUT2D eigenvalue weighted by Crippen LogP contribution is -2.18. The Kier molecular flexibility index (Phi) is 8.53. The van der Waals surface area contributed by atoms with Crippen LogP contribution in [0.2, 0.25) is 5.02 Å². The largest absolute Gasteiger partial charge is 0.497 e. The van der Waals surface area contributed by atoms with E-state index in [1.807, 2.05) is 42.5 Å². The number of ether oxygens (including phenoxy) is 1. The Hall–Kier alpha value is -1.41. The zero-order valence-corrected chi connectivity index (χ0v) is 19.6. The summed E-state index contributed by atoms with van der Waals surface area (Å²) < 4.78 is 8.59. The number of methoxy groups -OCH3 is 1. The monoisotopic (exact) mass is 466 g/mol. The van der Waals surface area contributed by atoms with Crippen LogP contribution < -0.4 is 9.54 Å². The quantitative estimate of drug-likeness (QED) is 0.298. The van der Waals surface area contributed by atoms with Crippen LogP contribution in [0.5, 0.6) is 5.75 Å². The Bertz CT molecular complexity index is 1030. The average Bonchev–Trinajstić information content (AvgIpc) is 3.06. The molecule has 0 saturated carbocycles. The van der Waals surface area contributed by atoms with Gasteiger partial charge in [-0.1, -0.05) is 22.9 Å². The summed E-state index contributed by atoms with van der Waals surface area (Å²) in [5, 5.41) is 0.735. The first-order chi connectivity index (χ1) is 14.1. The van der Waals surface area contributed by atoms with Gasteiger partial charge in [0.25, 0.3) is 0 Å². The van der Waals surface area contributed by atoms with Crippen LogP contribution in [0, 0.1) is 0 Å². The first-order valence-corrected chi connectivity index (χ1v) is 12.8. The summed E-state index contributed by atoms with van der Waals surface area (Å²) in [6.07, 6.45) is 3.32. The molecule has 1 amide bonds. The molecule has 29 heavy (non-hydrogen) atoms. The molecule has 4 nitrogen and oxygen atoms in total. The molecule has 2 aromatic carbocycles. The van der Waals surface area contributed by atoms with Gasteiger partial charge in [0.1, 0.15) is 5.75 Å². The standard InChI is InChI=1S/C21H23ClN2O2S3/c1-26-16-7-10-19-18(14-16)24(11-13-27-2)21(29-19)23-20(25)4-3-12-28-17-8-5-15(22)6-9-17/h5-10,14H,3-4,11-13H2,1-2H3. The molecule has 0 atom stereocenters. The molecule has 0 aliphatic heterocycles. The van der Waals surface area contributed by atoms with Gasteiger partial charge in [0.05, 0.1) is 17.3 Å². The van der Waals surface area contributed by atoms with Crippen molar-refractivity contribution in [3.05, 3.63) is 52.3 Å². The smallest absolute Gasteiger partial charge is 0.248 e. The molecule has 0 saturated heterocycles. The van der Waals surface area contributed by atoms with Crippen LogP contribution in [0.3, 0.4) is 0 Å². The van der Waals surface area contributed by atoms with Gasteiger partial charge in [-0.05, 0) is 54.8 Å². The zero-order valence-electron chi connectivity index (χ0n) is 16.4. The van der Waals surface area contributed by atoms with E-state index in [0.29, 0.717) is 6.42 Å². The van der Waals surface area contributed by atoms with E-state index in [-0.39, 0.29) is 5.91 Å². The molecule has 0 unspecified atom stereocenters. The van der Waals surface area contributed by atoms with Gasteiger partial charge in [-0.2, -0.15) is 16.8 Å². The van der Waals surface area contributed by atoms with Crippen molar-refractivity contribution >= 4 is 62.6 Å². The maximum atomic E-state index is 12.5. The number of aryl methyl sites for hydroxylation is 1. The Morgan fingerprint density at radius 1 is 1.21 bits per heavy atom. The molecule has 0 bridgehead atoms. The molecule has 0 spiro atoms. The number of fused-ring (bicyclic) bond motifs is 1. The van der Waals surface area contributed by atoms with E-state index in [0.717, 1.165) is 55.2 Å². The maximum absolute atomic E-state index is 12.5. The highest BCUT2D eigenvalue weighted by Gasteiger charge is 2.09. The summed E-state index contributed by atoms with van der Waals surface area (Å²) in [6.45, 7) is 0.812.